The van der Waals surface area contributed by atoms with Crippen LogP contribution < -0.4 is 0 Å². The van der Waals surface area contributed by atoms with E-state index in [1.807, 2.05) is 19.3 Å². The zero-order valence-electron chi connectivity index (χ0n) is 20.1. The molecule has 0 aromatic heterocycles. The molecule has 1 N–H and O–H groups in total. The van der Waals surface area contributed by atoms with Gasteiger partial charge in [0.15, 0.2) is 5.78 Å². The molecule has 4 rings (SSSR count). The van der Waals surface area contributed by atoms with E-state index in [1.54, 1.807) is 6.92 Å². The Morgan fingerprint density at radius 3 is 2.64 bits per heavy atom. The fraction of sp³-hybridized carbons (Fsp3) is 0.800. The number of fused-ring (bicyclic) bond motifs is 5. The van der Waals surface area contributed by atoms with Gasteiger partial charge in [-0.05, 0) is 80.9 Å². The molecular formula is C25H36O7S. The Balaban J connectivity index is 1.71. The first-order valence-corrected chi connectivity index (χ1v) is 13.5. The van der Waals surface area contributed by atoms with E-state index in [9.17, 15) is 19.5 Å². The van der Waals surface area contributed by atoms with Crippen molar-refractivity contribution in [1.29, 1.82) is 0 Å². The maximum atomic E-state index is 13.4. The highest BCUT2D eigenvalue weighted by molar-refractivity contribution is 7.98. The van der Waals surface area contributed by atoms with Crippen LogP contribution in [-0.2, 0) is 23.8 Å². The third-order valence-electron chi connectivity index (χ3n) is 9.17. The molecular weight excluding hydrogens is 444 g/mol. The summed E-state index contributed by atoms with van der Waals surface area (Å²) in [7, 11) is 0. The van der Waals surface area contributed by atoms with Gasteiger partial charge in [0.25, 0.3) is 0 Å². The Labute approximate surface area is 200 Å². The monoisotopic (exact) mass is 480 g/mol. The van der Waals surface area contributed by atoms with Crippen molar-refractivity contribution in [3.05, 3.63) is 11.6 Å². The lowest BCUT2D eigenvalue weighted by Gasteiger charge is -2.60. The summed E-state index contributed by atoms with van der Waals surface area (Å²) >= 11 is 1.38. The van der Waals surface area contributed by atoms with Crippen LogP contribution in [0.3, 0.4) is 0 Å². The van der Waals surface area contributed by atoms with Crippen LogP contribution in [0.25, 0.3) is 0 Å². The summed E-state index contributed by atoms with van der Waals surface area (Å²) in [4.78, 5) is 38.0. The molecule has 0 bridgehead atoms. The molecule has 184 valence electrons. The van der Waals surface area contributed by atoms with Crippen molar-refractivity contribution in [2.75, 3.05) is 18.8 Å². The summed E-state index contributed by atoms with van der Waals surface area (Å²) in [6.07, 6.45) is 6.44. The highest BCUT2D eigenvalue weighted by Crippen LogP contribution is 2.68. The van der Waals surface area contributed by atoms with Gasteiger partial charge in [-0.15, -0.1) is 11.8 Å². The van der Waals surface area contributed by atoms with Crippen LogP contribution in [0.5, 0.6) is 0 Å². The average molecular weight is 481 g/mol. The minimum absolute atomic E-state index is 0.0179. The van der Waals surface area contributed by atoms with Gasteiger partial charge in [-0.25, -0.2) is 9.59 Å². The molecule has 4 aliphatic carbocycles. The van der Waals surface area contributed by atoms with Crippen molar-refractivity contribution in [3.8, 4) is 0 Å². The quantitative estimate of drug-likeness (QED) is 0.460. The molecule has 0 saturated heterocycles. The molecule has 0 spiro atoms. The van der Waals surface area contributed by atoms with Crippen LogP contribution in [0.2, 0.25) is 0 Å². The zero-order chi connectivity index (χ0) is 24.0. The molecule has 3 fully saturated rings. The average Bonchev–Trinajstić information content (AvgIpc) is 3.04. The second kappa shape index (κ2) is 8.91. The molecule has 0 aliphatic heterocycles. The largest absolute Gasteiger partial charge is 0.509 e. The smallest absolute Gasteiger partial charge is 0.452 e. The van der Waals surface area contributed by atoms with Gasteiger partial charge in [0.2, 0.25) is 5.60 Å². The van der Waals surface area contributed by atoms with Crippen molar-refractivity contribution < 1.29 is 33.7 Å². The summed E-state index contributed by atoms with van der Waals surface area (Å²) in [6.45, 7) is 6.01. The summed E-state index contributed by atoms with van der Waals surface area (Å²) < 4.78 is 16.4. The first-order valence-electron chi connectivity index (χ1n) is 12.1. The molecule has 8 heteroatoms. The predicted octanol–water partition coefficient (Wildman–Crippen LogP) is 4.26. The molecule has 7 nitrogen and oxygen atoms in total. The van der Waals surface area contributed by atoms with Crippen LogP contribution >= 0.6 is 11.8 Å². The molecule has 0 radical (unpaired) electrons. The third kappa shape index (κ3) is 3.72. The summed E-state index contributed by atoms with van der Waals surface area (Å²) in [5.74, 6) is 0.0851. The number of hydrogen-bond donors (Lipinski definition) is 1. The Kier molecular flexibility index (Phi) is 6.64. The Bertz CT molecular complexity index is 856. The van der Waals surface area contributed by atoms with Gasteiger partial charge in [-0.1, -0.05) is 19.4 Å². The third-order valence-corrected chi connectivity index (χ3v) is 9.53. The number of allylic oxidation sites excluding steroid dienone is 1. The van der Waals surface area contributed by atoms with Crippen molar-refractivity contribution in [2.45, 2.75) is 77.4 Å². The van der Waals surface area contributed by atoms with E-state index in [0.717, 1.165) is 24.8 Å². The van der Waals surface area contributed by atoms with Gasteiger partial charge in [-0.3, -0.25) is 4.79 Å². The highest BCUT2D eigenvalue weighted by Gasteiger charge is 2.71. The molecule has 3 saturated carbocycles. The minimum Gasteiger partial charge on any atom is -0.452 e. The molecule has 0 aromatic carbocycles. The number of ether oxygens (including phenoxy) is 3. The van der Waals surface area contributed by atoms with Gasteiger partial charge in [0, 0.05) is 11.8 Å². The van der Waals surface area contributed by atoms with Gasteiger partial charge in [-0.2, -0.15) is 0 Å². The van der Waals surface area contributed by atoms with Crippen LogP contribution in [-0.4, -0.2) is 53.5 Å². The predicted molar refractivity (Wildman–Crippen MR) is 123 cm³/mol. The van der Waals surface area contributed by atoms with Crippen LogP contribution in [0.15, 0.2) is 11.6 Å². The SMILES string of the molecule is CCOC(=O)OC1(C(=O)OCSC)CC[C@H]2[C@@H]3CCC4=CC(=O)CC[C@]4(C)[C@@H]3C(O)C[C@@]21C. The van der Waals surface area contributed by atoms with Crippen LogP contribution in [0, 0.1) is 28.6 Å². The van der Waals surface area contributed by atoms with E-state index in [0.29, 0.717) is 25.7 Å². The standard InChI is InChI=1S/C25H36O7S/c1-5-30-22(29)32-25(21(28)31-14-33-4)11-9-18-17-7-6-15-12-16(26)8-10-23(15,2)20(17)19(27)13-24(18,25)3/h12,17-20,27H,5-11,13-14H2,1-4H3/t17-,18-,19?,20-,23-,24-,25?/m0/s1. The highest BCUT2D eigenvalue weighted by atomic mass is 32.2. The molecule has 0 amide bonds. The van der Waals surface area contributed by atoms with E-state index in [-0.39, 0.29) is 41.5 Å². The zero-order valence-corrected chi connectivity index (χ0v) is 20.9. The van der Waals surface area contributed by atoms with Crippen LogP contribution in [0.4, 0.5) is 4.79 Å². The van der Waals surface area contributed by atoms with E-state index in [2.05, 4.69) is 6.92 Å². The summed E-state index contributed by atoms with van der Waals surface area (Å²) in [5, 5.41) is 11.6. The van der Waals surface area contributed by atoms with E-state index in [1.165, 1.54) is 11.8 Å². The molecule has 7 atom stereocenters. The van der Waals surface area contributed by atoms with Crippen LogP contribution in [0.1, 0.15) is 65.7 Å². The molecule has 0 heterocycles. The molecule has 33 heavy (non-hydrogen) atoms. The van der Waals surface area contributed by atoms with Gasteiger partial charge < -0.3 is 19.3 Å². The number of rotatable bonds is 5. The number of hydrogen-bond acceptors (Lipinski definition) is 8. The maximum Gasteiger partial charge on any atom is 0.509 e. The lowest BCUT2D eigenvalue weighted by atomic mass is 9.45. The first-order chi connectivity index (χ1) is 15.6. The van der Waals surface area contributed by atoms with E-state index in [4.69, 9.17) is 14.2 Å². The minimum atomic E-state index is -1.48. The lowest BCUT2D eigenvalue weighted by molar-refractivity contribution is -0.201. The molecule has 0 aromatic rings. The maximum absolute atomic E-state index is 13.4. The van der Waals surface area contributed by atoms with Gasteiger partial charge in [0.1, 0.15) is 5.94 Å². The second-order valence-electron chi connectivity index (χ2n) is 10.6. The first kappa shape index (κ1) is 24.6. The fourth-order valence-electron chi connectivity index (χ4n) is 7.74. The Morgan fingerprint density at radius 2 is 1.94 bits per heavy atom. The number of carbonyl (C=O) groups is 3. The van der Waals surface area contributed by atoms with Crippen molar-refractivity contribution in [2.24, 2.45) is 28.6 Å². The summed E-state index contributed by atoms with van der Waals surface area (Å²) in [6, 6.07) is 0. The van der Waals surface area contributed by atoms with Gasteiger partial charge >= 0.3 is 12.1 Å². The molecule has 2 unspecified atom stereocenters. The normalized spacial score (nSPS) is 41.8. The van der Waals surface area contributed by atoms with Gasteiger partial charge in [0.05, 0.1) is 12.7 Å². The number of esters is 1. The number of aliphatic hydroxyl groups is 1. The van der Waals surface area contributed by atoms with E-state index >= 15 is 0 Å². The topological polar surface area (TPSA) is 99.1 Å². The number of carbonyl (C=O) groups excluding carboxylic acids is 3. The Hall–Kier alpha value is -1.54. The number of ketones is 1. The number of thioether (sulfide) groups is 1. The fourth-order valence-corrected chi connectivity index (χ4v) is 7.96. The Morgan fingerprint density at radius 1 is 1.18 bits per heavy atom. The summed E-state index contributed by atoms with van der Waals surface area (Å²) in [5.41, 5.74) is -1.30. The number of aliphatic hydroxyl groups excluding tert-OH is 1. The molecule has 4 aliphatic rings. The van der Waals surface area contributed by atoms with Crippen molar-refractivity contribution >= 4 is 29.7 Å². The van der Waals surface area contributed by atoms with E-state index < -0.39 is 29.2 Å². The lowest BCUT2D eigenvalue weighted by Crippen LogP contribution is -2.63. The van der Waals surface area contributed by atoms with Crippen molar-refractivity contribution in [1.82, 2.24) is 0 Å². The second-order valence-corrected chi connectivity index (χ2v) is 11.4. The van der Waals surface area contributed by atoms with Crippen molar-refractivity contribution in [3.63, 3.8) is 0 Å².